The molecule has 1 heterocycles. The van der Waals surface area contributed by atoms with Gasteiger partial charge in [-0.15, -0.1) is 10.2 Å². The highest BCUT2D eigenvalue weighted by atomic mass is 32.2. The number of hydrogen-bond donors (Lipinski definition) is 0. The summed E-state index contributed by atoms with van der Waals surface area (Å²) in [6, 6.07) is 7.80. The Morgan fingerprint density at radius 2 is 2.36 bits per heavy atom. The number of Topliss-reactive ketones (excluding diaryl/α,β-unsaturated/α-hetero) is 1. The molecule has 0 saturated heterocycles. The van der Waals surface area contributed by atoms with Crippen molar-refractivity contribution in [2.24, 2.45) is 5.92 Å². The summed E-state index contributed by atoms with van der Waals surface area (Å²) < 4.78 is 7.20. The highest BCUT2D eigenvalue weighted by Crippen LogP contribution is 2.28. The molecule has 22 heavy (non-hydrogen) atoms. The van der Waals surface area contributed by atoms with Crippen LogP contribution < -0.4 is 4.74 Å². The Kier molecular flexibility index (Phi) is 4.77. The first-order chi connectivity index (χ1) is 10.8. The van der Waals surface area contributed by atoms with Crippen LogP contribution in [0.5, 0.6) is 5.75 Å². The van der Waals surface area contributed by atoms with E-state index in [9.17, 15) is 4.79 Å². The SMILES string of the molecule is COc1cccc(-n2cnnc2SCC[C@@H]2CCCC2=O)c1. The van der Waals surface area contributed by atoms with Crippen LogP contribution in [0.15, 0.2) is 35.7 Å². The van der Waals surface area contributed by atoms with Crippen molar-refractivity contribution in [1.82, 2.24) is 14.8 Å². The monoisotopic (exact) mass is 317 g/mol. The number of carbonyl (C=O) groups is 1. The van der Waals surface area contributed by atoms with E-state index in [1.807, 2.05) is 28.8 Å². The van der Waals surface area contributed by atoms with Crippen molar-refractivity contribution in [3.05, 3.63) is 30.6 Å². The molecule has 0 bridgehead atoms. The van der Waals surface area contributed by atoms with Crippen molar-refractivity contribution in [2.75, 3.05) is 12.9 Å². The zero-order valence-electron chi connectivity index (χ0n) is 12.6. The average molecular weight is 317 g/mol. The summed E-state index contributed by atoms with van der Waals surface area (Å²) in [5.74, 6) is 2.37. The molecular weight excluding hydrogens is 298 g/mol. The Morgan fingerprint density at radius 3 is 3.14 bits per heavy atom. The summed E-state index contributed by atoms with van der Waals surface area (Å²) >= 11 is 1.65. The van der Waals surface area contributed by atoms with Gasteiger partial charge in [0.05, 0.1) is 12.8 Å². The van der Waals surface area contributed by atoms with Crippen LogP contribution in [0.2, 0.25) is 0 Å². The molecule has 0 spiro atoms. The van der Waals surface area contributed by atoms with Crippen LogP contribution in [0, 0.1) is 5.92 Å². The molecule has 1 saturated carbocycles. The number of nitrogens with zero attached hydrogens (tertiary/aromatic N) is 3. The molecule has 0 radical (unpaired) electrons. The maximum atomic E-state index is 11.7. The van der Waals surface area contributed by atoms with Crippen molar-refractivity contribution >= 4 is 17.5 Å². The number of aromatic nitrogens is 3. The van der Waals surface area contributed by atoms with Gasteiger partial charge >= 0.3 is 0 Å². The smallest absolute Gasteiger partial charge is 0.195 e. The molecular formula is C16H19N3O2S. The predicted octanol–water partition coefficient (Wildman–Crippen LogP) is 3.13. The van der Waals surface area contributed by atoms with Gasteiger partial charge in [0.2, 0.25) is 0 Å². The summed E-state index contributed by atoms with van der Waals surface area (Å²) in [6.07, 6.45) is 5.48. The van der Waals surface area contributed by atoms with Gasteiger partial charge in [-0.05, 0) is 31.4 Å². The molecule has 1 aliphatic carbocycles. The molecule has 1 atom stereocenters. The van der Waals surface area contributed by atoms with Gasteiger partial charge in [-0.1, -0.05) is 17.8 Å². The normalized spacial score (nSPS) is 17.9. The van der Waals surface area contributed by atoms with E-state index in [2.05, 4.69) is 10.2 Å². The summed E-state index contributed by atoms with van der Waals surface area (Å²) in [5, 5.41) is 9.03. The minimum absolute atomic E-state index is 0.251. The first-order valence-corrected chi connectivity index (χ1v) is 8.46. The van der Waals surface area contributed by atoms with E-state index in [1.165, 1.54) is 0 Å². The first-order valence-electron chi connectivity index (χ1n) is 7.48. The van der Waals surface area contributed by atoms with Gasteiger partial charge in [0.1, 0.15) is 17.9 Å². The van der Waals surface area contributed by atoms with Gasteiger partial charge in [0, 0.05) is 24.2 Å². The van der Waals surface area contributed by atoms with Crippen molar-refractivity contribution in [3.8, 4) is 11.4 Å². The van der Waals surface area contributed by atoms with Crippen LogP contribution >= 0.6 is 11.8 Å². The topological polar surface area (TPSA) is 57.0 Å². The lowest BCUT2D eigenvalue weighted by Crippen LogP contribution is -2.07. The minimum atomic E-state index is 0.251. The molecule has 1 aromatic carbocycles. The lowest BCUT2D eigenvalue weighted by atomic mass is 10.1. The number of benzene rings is 1. The number of hydrogen-bond acceptors (Lipinski definition) is 5. The van der Waals surface area contributed by atoms with Gasteiger partial charge < -0.3 is 4.74 Å². The van der Waals surface area contributed by atoms with Crippen molar-refractivity contribution in [3.63, 3.8) is 0 Å². The quantitative estimate of drug-likeness (QED) is 0.766. The number of ether oxygens (including phenoxy) is 1. The Labute approximate surface area is 134 Å². The highest BCUT2D eigenvalue weighted by Gasteiger charge is 2.23. The third-order valence-corrected chi connectivity index (χ3v) is 4.95. The minimum Gasteiger partial charge on any atom is -0.497 e. The second kappa shape index (κ2) is 6.96. The molecule has 2 aromatic rings. The van der Waals surface area contributed by atoms with Crippen molar-refractivity contribution in [2.45, 2.75) is 30.8 Å². The first kappa shape index (κ1) is 15.1. The third kappa shape index (κ3) is 3.32. The molecule has 1 aliphatic rings. The number of rotatable bonds is 6. The highest BCUT2D eigenvalue weighted by molar-refractivity contribution is 7.99. The Hall–Kier alpha value is -1.82. The van der Waals surface area contributed by atoms with Gasteiger partial charge in [-0.25, -0.2) is 0 Å². The Morgan fingerprint density at radius 1 is 1.45 bits per heavy atom. The number of methoxy groups -OCH3 is 1. The third-order valence-electron chi connectivity index (χ3n) is 3.98. The molecule has 3 rings (SSSR count). The molecule has 6 heteroatoms. The standard InChI is InChI=1S/C16H19N3O2S/c1-21-14-6-3-5-13(10-14)19-11-17-18-16(19)22-9-8-12-4-2-7-15(12)20/h3,5-6,10-12H,2,4,7-9H2,1H3/t12-/m0/s1. The molecule has 0 aliphatic heterocycles. The fourth-order valence-electron chi connectivity index (χ4n) is 2.75. The van der Waals surface area contributed by atoms with Gasteiger partial charge in [0.25, 0.3) is 0 Å². The van der Waals surface area contributed by atoms with Gasteiger partial charge in [-0.3, -0.25) is 9.36 Å². The van der Waals surface area contributed by atoms with Gasteiger partial charge in [0.15, 0.2) is 5.16 Å². The zero-order chi connectivity index (χ0) is 15.4. The summed E-state index contributed by atoms with van der Waals surface area (Å²) in [5.41, 5.74) is 0.976. The van der Waals surface area contributed by atoms with Crippen LogP contribution in [0.1, 0.15) is 25.7 Å². The second-order valence-corrected chi connectivity index (χ2v) is 6.44. The lowest BCUT2D eigenvalue weighted by Gasteiger charge is -2.09. The largest absolute Gasteiger partial charge is 0.497 e. The van der Waals surface area contributed by atoms with Crippen molar-refractivity contribution < 1.29 is 9.53 Å². The fraction of sp³-hybridized carbons (Fsp3) is 0.438. The van der Waals surface area contributed by atoms with E-state index in [4.69, 9.17) is 4.74 Å². The molecule has 1 fully saturated rings. The fourth-order valence-corrected chi connectivity index (χ4v) is 3.73. The molecule has 0 amide bonds. The Balaban J connectivity index is 1.65. The van der Waals surface area contributed by atoms with Gasteiger partial charge in [-0.2, -0.15) is 0 Å². The average Bonchev–Trinajstić information content (AvgIpc) is 3.17. The summed E-state index contributed by atoms with van der Waals surface area (Å²) in [4.78, 5) is 11.7. The maximum Gasteiger partial charge on any atom is 0.195 e. The Bertz CT molecular complexity index is 656. The van der Waals surface area contributed by atoms with E-state index >= 15 is 0 Å². The van der Waals surface area contributed by atoms with Crippen molar-refractivity contribution in [1.29, 1.82) is 0 Å². The van der Waals surface area contributed by atoms with Crippen LogP contribution in [0.25, 0.3) is 5.69 Å². The van der Waals surface area contributed by atoms with E-state index in [1.54, 1.807) is 25.2 Å². The predicted molar refractivity (Wildman–Crippen MR) is 85.6 cm³/mol. The molecule has 116 valence electrons. The van der Waals surface area contributed by atoms with E-state index in [-0.39, 0.29) is 5.92 Å². The second-order valence-electron chi connectivity index (χ2n) is 5.38. The van der Waals surface area contributed by atoms with E-state index < -0.39 is 0 Å². The summed E-state index contributed by atoms with van der Waals surface area (Å²) in [6.45, 7) is 0. The maximum absolute atomic E-state index is 11.7. The van der Waals surface area contributed by atoms with E-state index in [0.29, 0.717) is 5.78 Å². The molecule has 1 aromatic heterocycles. The number of thioether (sulfide) groups is 1. The lowest BCUT2D eigenvalue weighted by molar-refractivity contribution is -0.120. The molecule has 0 N–H and O–H groups in total. The van der Waals surface area contributed by atoms with E-state index in [0.717, 1.165) is 48.0 Å². The van der Waals surface area contributed by atoms with Crippen LogP contribution in [-0.4, -0.2) is 33.4 Å². The number of ketones is 1. The summed E-state index contributed by atoms with van der Waals surface area (Å²) in [7, 11) is 1.65. The van der Waals surface area contributed by atoms with Crippen LogP contribution in [0.3, 0.4) is 0 Å². The molecule has 5 nitrogen and oxygen atoms in total. The molecule has 0 unspecified atom stereocenters. The zero-order valence-corrected chi connectivity index (χ0v) is 13.4. The van der Waals surface area contributed by atoms with Crippen LogP contribution in [0.4, 0.5) is 0 Å². The number of carbonyl (C=O) groups excluding carboxylic acids is 1. The van der Waals surface area contributed by atoms with Crippen LogP contribution in [-0.2, 0) is 4.79 Å².